The Hall–Kier alpha value is -2.40. The quantitative estimate of drug-likeness (QED) is 0.882. The average Bonchev–Trinajstić information content (AvgIpc) is 3.03. The molecule has 1 aliphatic heterocycles. The van der Waals surface area contributed by atoms with Gasteiger partial charge in [0.05, 0.1) is 32.8 Å². The molecule has 2 aromatic rings. The van der Waals surface area contributed by atoms with Gasteiger partial charge in [0, 0.05) is 18.3 Å². The van der Waals surface area contributed by atoms with Crippen molar-refractivity contribution in [3.63, 3.8) is 0 Å². The topological polar surface area (TPSA) is 60.5 Å². The molecule has 0 radical (unpaired) electrons. The van der Waals surface area contributed by atoms with Crippen LogP contribution < -0.4 is 10.1 Å². The van der Waals surface area contributed by atoms with Crippen LogP contribution in [0.5, 0.6) is 5.75 Å². The van der Waals surface area contributed by atoms with Crippen molar-refractivity contribution in [2.45, 2.75) is 18.9 Å². The van der Waals surface area contributed by atoms with Gasteiger partial charge in [0.2, 0.25) is 5.91 Å². The molecule has 1 aromatic carbocycles. The number of nitrogens with zero attached hydrogens (tertiary/aromatic N) is 1. The van der Waals surface area contributed by atoms with Crippen LogP contribution in [0, 0.1) is 5.92 Å². The van der Waals surface area contributed by atoms with E-state index in [1.807, 2.05) is 36.4 Å². The highest BCUT2D eigenvalue weighted by Crippen LogP contribution is 2.19. The summed E-state index contributed by atoms with van der Waals surface area (Å²) in [7, 11) is 1.63. The predicted molar refractivity (Wildman–Crippen MR) is 90.9 cm³/mol. The van der Waals surface area contributed by atoms with E-state index in [0.29, 0.717) is 25.6 Å². The second-order valence-electron chi connectivity index (χ2n) is 6.06. The standard InChI is InChI=1S/C19H22N2O3/c1-23-17-4-2-14(3-5-17)11-19(22)21-18-13-24-12-16(18)10-15-6-8-20-9-7-15/h2-9,16,18H,10-13H2,1H3,(H,21,22). The molecule has 1 N–H and O–H groups in total. The molecular weight excluding hydrogens is 304 g/mol. The van der Waals surface area contributed by atoms with Gasteiger partial charge in [0.1, 0.15) is 5.75 Å². The molecule has 5 nitrogen and oxygen atoms in total. The molecule has 0 bridgehead atoms. The third-order valence-electron chi connectivity index (χ3n) is 4.32. The molecular formula is C19H22N2O3. The van der Waals surface area contributed by atoms with Gasteiger partial charge >= 0.3 is 0 Å². The molecule has 5 heteroatoms. The first kappa shape index (κ1) is 16.5. The van der Waals surface area contributed by atoms with Gasteiger partial charge in [-0.2, -0.15) is 0 Å². The maximum atomic E-state index is 12.3. The predicted octanol–water partition coefficient (Wildman–Crippen LogP) is 2.01. The fourth-order valence-corrected chi connectivity index (χ4v) is 2.97. The molecule has 24 heavy (non-hydrogen) atoms. The average molecular weight is 326 g/mol. The first-order chi connectivity index (χ1) is 11.7. The van der Waals surface area contributed by atoms with Crippen LogP contribution >= 0.6 is 0 Å². The Morgan fingerprint density at radius 1 is 1.17 bits per heavy atom. The minimum Gasteiger partial charge on any atom is -0.497 e. The van der Waals surface area contributed by atoms with E-state index in [-0.39, 0.29) is 11.9 Å². The van der Waals surface area contributed by atoms with E-state index in [9.17, 15) is 4.79 Å². The van der Waals surface area contributed by atoms with Crippen LogP contribution in [-0.4, -0.2) is 37.3 Å². The highest BCUT2D eigenvalue weighted by atomic mass is 16.5. The van der Waals surface area contributed by atoms with E-state index in [0.717, 1.165) is 17.7 Å². The minimum atomic E-state index is 0.0235. The second-order valence-corrected chi connectivity index (χ2v) is 6.06. The molecule has 0 saturated carbocycles. The van der Waals surface area contributed by atoms with Crippen LogP contribution in [0.3, 0.4) is 0 Å². The Balaban J connectivity index is 1.54. The van der Waals surface area contributed by atoms with Gasteiger partial charge < -0.3 is 14.8 Å². The van der Waals surface area contributed by atoms with Gasteiger partial charge in [-0.3, -0.25) is 9.78 Å². The van der Waals surface area contributed by atoms with Crippen LogP contribution in [0.4, 0.5) is 0 Å². The van der Waals surface area contributed by atoms with Crippen LogP contribution in [0.2, 0.25) is 0 Å². The fourth-order valence-electron chi connectivity index (χ4n) is 2.97. The van der Waals surface area contributed by atoms with Gasteiger partial charge in [0.25, 0.3) is 0 Å². The monoisotopic (exact) mass is 326 g/mol. The molecule has 1 fully saturated rings. The Kier molecular flexibility index (Phi) is 5.43. The molecule has 1 saturated heterocycles. The summed E-state index contributed by atoms with van der Waals surface area (Å²) in [4.78, 5) is 16.3. The molecule has 1 aromatic heterocycles. The number of aromatic nitrogens is 1. The van der Waals surface area contributed by atoms with E-state index in [1.54, 1.807) is 19.5 Å². The summed E-state index contributed by atoms with van der Waals surface area (Å²) in [6.07, 6.45) is 4.84. The van der Waals surface area contributed by atoms with Crippen molar-refractivity contribution in [1.82, 2.24) is 10.3 Å². The highest BCUT2D eigenvalue weighted by Gasteiger charge is 2.29. The van der Waals surface area contributed by atoms with Crippen LogP contribution in [-0.2, 0) is 22.4 Å². The molecule has 0 aliphatic carbocycles. The van der Waals surface area contributed by atoms with Crippen LogP contribution in [0.1, 0.15) is 11.1 Å². The van der Waals surface area contributed by atoms with Gasteiger partial charge in [-0.05, 0) is 41.8 Å². The number of amides is 1. The SMILES string of the molecule is COc1ccc(CC(=O)NC2COCC2Cc2ccncc2)cc1. The van der Waals surface area contributed by atoms with Gasteiger partial charge in [0.15, 0.2) is 0 Å². The van der Waals surface area contributed by atoms with E-state index in [2.05, 4.69) is 10.3 Å². The van der Waals surface area contributed by atoms with E-state index in [1.165, 1.54) is 5.56 Å². The first-order valence-electron chi connectivity index (χ1n) is 8.13. The summed E-state index contributed by atoms with van der Waals surface area (Å²) < 4.78 is 10.7. The number of benzene rings is 1. The first-order valence-corrected chi connectivity index (χ1v) is 8.13. The normalized spacial score (nSPS) is 19.9. The molecule has 126 valence electrons. The lowest BCUT2D eigenvalue weighted by Crippen LogP contribution is -2.41. The number of rotatable bonds is 6. The lowest BCUT2D eigenvalue weighted by Gasteiger charge is -2.19. The number of ether oxygens (including phenoxy) is 2. The van der Waals surface area contributed by atoms with E-state index < -0.39 is 0 Å². The van der Waals surface area contributed by atoms with E-state index >= 15 is 0 Å². The van der Waals surface area contributed by atoms with Crippen molar-refractivity contribution in [3.05, 3.63) is 59.9 Å². The van der Waals surface area contributed by atoms with Gasteiger partial charge in [-0.15, -0.1) is 0 Å². The lowest BCUT2D eigenvalue weighted by atomic mass is 9.95. The number of methoxy groups -OCH3 is 1. The summed E-state index contributed by atoms with van der Waals surface area (Å²) in [5, 5.41) is 3.12. The maximum Gasteiger partial charge on any atom is 0.224 e. The van der Waals surface area contributed by atoms with Crippen molar-refractivity contribution >= 4 is 5.91 Å². The van der Waals surface area contributed by atoms with Crippen molar-refractivity contribution in [2.75, 3.05) is 20.3 Å². The zero-order chi connectivity index (χ0) is 16.8. The number of hydrogen-bond donors (Lipinski definition) is 1. The molecule has 1 aliphatic rings. The van der Waals surface area contributed by atoms with Gasteiger partial charge in [-0.25, -0.2) is 0 Å². The summed E-state index contributed by atoms with van der Waals surface area (Å²) in [5.41, 5.74) is 2.19. The molecule has 1 amide bonds. The number of nitrogens with one attached hydrogen (secondary N) is 1. The number of carbonyl (C=O) groups excluding carboxylic acids is 1. The van der Waals surface area contributed by atoms with E-state index in [4.69, 9.17) is 9.47 Å². The van der Waals surface area contributed by atoms with Crippen molar-refractivity contribution in [3.8, 4) is 5.75 Å². The second kappa shape index (κ2) is 7.93. The van der Waals surface area contributed by atoms with Crippen molar-refractivity contribution < 1.29 is 14.3 Å². The van der Waals surface area contributed by atoms with Crippen molar-refractivity contribution in [1.29, 1.82) is 0 Å². The third-order valence-corrected chi connectivity index (χ3v) is 4.32. The number of pyridine rings is 1. The van der Waals surface area contributed by atoms with Crippen LogP contribution in [0.15, 0.2) is 48.8 Å². The highest BCUT2D eigenvalue weighted by molar-refractivity contribution is 5.79. The molecule has 3 rings (SSSR count). The fraction of sp³-hybridized carbons (Fsp3) is 0.368. The number of carbonyl (C=O) groups is 1. The molecule has 2 atom stereocenters. The number of hydrogen-bond acceptors (Lipinski definition) is 4. The third kappa shape index (κ3) is 4.32. The Morgan fingerprint density at radius 3 is 2.62 bits per heavy atom. The summed E-state index contributed by atoms with van der Waals surface area (Å²) in [5.74, 6) is 1.11. The maximum absolute atomic E-state index is 12.3. The summed E-state index contributed by atoms with van der Waals surface area (Å²) in [6.45, 7) is 1.25. The summed E-state index contributed by atoms with van der Waals surface area (Å²) >= 11 is 0. The Bertz CT molecular complexity index is 658. The van der Waals surface area contributed by atoms with Gasteiger partial charge in [-0.1, -0.05) is 12.1 Å². The zero-order valence-corrected chi connectivity index (χ0v) is 13.8. The Labute approximate surface area is 142 Å². The molecule has 2 heterocycles. The lowest BCUT2D eigenvalue weighted by molar-refractivity contribution is -0.121. The Morgan fingerprint density at radius 2 is 1.92 bits per heavy atom. The van der Waals surface area contributed by atoms with Crippen molar-refractivity contribution in [2.24, 2.45) is 5.92 Å². The zero-order valence-electron chi connectivity index (χ0n) is 13.8. The molecule has 2 unspecified atom stereocenters. The minimum absolute atomic E-state index is 0.0235. The summed E-state index contributed by atoms with van der Waals surface area (Å²) in [6, 6.07) is 11.6. The largest absolute Gasteiger partial charge is 0.497 e. The smallest absolute Gasteiger partial charge is 0.224 e. The molecule has 0 spiro atoms. The van der Waals surface area contributed by atoms with Crippen LogP contribution in [0.25, 0.3) is 0 Å².